The molecule has 0 fully saturated rings. The summed E-state index contributed by atoms with van der Waals surface area (Å²) in [6, 6.07) is 31.1. The molecule has 4 aromatic carbocycles. The summed E-state index contributed by atoms with van der Waals surface area (Å²) in [6.45, 7) is 0. The van der Waals surface area contributed by atoms with E-state index in [4.69, 9.17) is 16.3 Å². The Hall–Kier alpha value is -2.35. The number of alkyl halides is 1. The first-order valence-corrected chi connectivity index (χ1v) is 8.31. The van der Waals surface area contributed by atoms with E-state index in [9.17, 15) is 0 Å². The summed E-state index contributed by atoms with van der Waals surface area (Å²) in [5.41, 5.74) is 0.674. The molecule has 0 bridgehead atoms. The molecular weight excluding hydrogens is 316 g/mol. The molecule has 4 rings (SSSR count). The van der Waals surface area contributed by atoms with Gasteiger partial charge in [0, 0.05) is 7.11 Å². The van der Waals surface area contributed by atoms with Crippen LogP contribution in [0, 0.1) is 0 Å². The van der Waals surface area contributed by atoms with Gasteiger partial charge in [0.15, 0.2) is 5.56 Å². The highest BCUT2D eigenvalue weighted by molar-refractivity contribution is 6.19. The van der Waals surface area contributed by atoms with Crippen LogP contribution in [0.2, 0.25) is 0 Å². The van der Waals surface area contributed by atoms with Crippen LogP contribution in [-0.4, -0.2) is 7.11 Å². The van der Waals surface area contributed by atoms with Crippen molar-refractivity contribution >= 4 is 33.1 Å². The van der Waals surface area contributed by atoms with Gasteiger partial charge in [-0.3, -0.25) is 0 Å². The number of rotatable bonds is 2. The molecule has 1 atom stereocenters. The number of hydrogen-bond acceptors (Lipinski definition) is 1. The second kappa shape index (κ2) is 7.96. The summed E-state index contributed by atoms with van der Waals surface area (Å²) in [6.07, 6.45) is 0. The van der Waals surface area contributed by atoms with E-state index in [1.54, 1.807) is 7.11 Å². The van der Waals surface area contributed by atoms with Crippen molar-refractivity contribution in [2.24, 2.45) is 0 Å². The third kappa shape index (κ3) is 3.94. The molecule has 0 heterocycles. The Kier molecular flexibility index (Phi) is 5.47. The molecule has 0 saturated heterocycles. The van der Waals surface area contributed by atoms with Crippen LogP contribution in [0.5, 0.6) is 0 Å². The first-order chi connectivity index (χ1) is 11.8. The lowest BCUT2D eigenvalue weighted by molar-refractivity contribution is 0.170. The normalized spacial score (nSPS) is 11.8. The summed E-state index contributed by atoms with van der Waals surface area (Å²) in [4.78, 5) is 0. The van der Waals surface area contributed by atoms with E-state index in [0.717, 1.165) is 5.56 Å². The van der Waals surface area contributed by atoms with Gasteiger partial charge in [-0.05, 0) is 39.2 Å². The van der Waals surface area contributed by atoms with Gasteiger partial charge >= 0.3 is 0 Å². The summed E-state index contributed by atoms with van der Waals surface area (Å²) in [5.74, 6) is 0. The summed E-state index contributed by atoms with van der Waals surface area (Å²) < 4.78 is 4.90. The van der Waals surface area contributed by atoms with Crippen LogP contribution >= 0.6 is 11.6 Å². The molecule has 0 N–H and O–H groups in total. The molecule has 0 radical (unpaired) electrons. The van der Waals surface area contributed by atoms with Crippen molar-refractivity contribution in [3.63, 3.8) is 0 Å². The Morgan fingerprint density at radius 2 is 1.00 bits per heavy atom. The highest BCUT2D eigenvalue weighted by Crippen LogP contribution is 2.22. The minimum Gasteiger partial charge on any atom is -0.361 e. The van der Waals surface area contributed by atoms with E-state index in [2.05, 4.69) is 60.7 Å². The van der Waals surface area contributed by atoms with Gasteiger partial charge in [0.05, 0.1) is 0 Å². The quantitative estimate of drug-likeness (QED) is 0.298. The molecule has 0 amide bonds. The van der Waals surface area contributed by atoms with Crippen LogP contribution in [0.3, 0.4) is 0 Å². The maximum Gasteiger partial charge on any atom is 0.156 e. The van der Waals surface area contributed by atoms with Crippen LogP contribution in [-0.2, 0) is 4.74 Å². The molecule has 120 valence electrons. The van der Waals surface area contributed by atoms with E-state index in [0.29, 0.717) is 0 Å². The fourth-order valence-corrected chi connectivity index (χ4v) is 2.77. The SMILES string of the molecule is COC(Cl)c1ccccc1.c1ccc2cc3ccccc3cc2c1. The fraction of sp³-hybridized carbons (Fsp3) is 0.0909. The number of methoxy groups -OCH3 is 1. The maximum atomic E-state index is 5.77. The van der Waals surface area contributed by atoms with E-state index in [1.165, 1.54) is 21.5 Å². The second-order valence-electron chi connectivity index (χ2n) is 5.51. The standard InChI is InChI=1S/C14H10.C8H9ClO/c1-2-6-12-10-14-8-4-3-7-13(14)9-11(12)5-1;1-10-8(9)7-5-3-2-4-6-7/h1-10H;2-6,8H,1H3. The average molecular weight is 335 g/mol. The van der Waals surface area contributed by atoms with Crippen molar-refractivity contribution in [1.29, 1.82) is 0 Å². The number of hydrogen-bond donors (Lipinski definition) is 0. The number of benzene rings is 4. The van der Waals surface area contributed by atoms with Crippen LogP contribution in [0.15, 0.2) is 91.0 Å². The van der Waals surface area contributed by atoms with Crippen molar-refractivity contribution in [3.05, 3.63) is 96.6 Å². The average Bonchev–Trinajstić information content (AvgIpc) is 2.67. The fourth-order valence-electron chi connectivity index (χ4n) is 2.62. The van der Waals surface area contributed by atoms with E-state index < -0.39 is 0 Å². The highest BCUT2D eigenvalue weighted by atomic mass is 35.5. The number of halogens is 1. The molecule has 0 aromatic heterocycles. The Labute approximate surface area is 147 Å². The van der Waals surface area contributed by atoms with Crippen LogP contribution in [0.25, 0.3) is 21.5 Å². The Balaban J connectivity index is 0.000000150. The third-order valence-corrected chi connectivity index (χ3v) is 4.31. The van der Waals surface area contributed by atoms with Gasteiger partial charge in [-0.15, -0.1) is 0 Å². The van der Waals surface area contributed by atoms with Crippen molar-refractivity contribution in [2.45, 2.75) is 5.56 Å². The zero-order valence-corrected chi connectivity index (χ0v) is 14.3. The highest BCUT2D eigenvalue weighted by Gasteiger charge is 2.02. The van der Waals surface area contributed by atoms with Crippen LogP contribution in [0.1, 0.15) is 11.1 Å². The van der Waals surface area contributed by atoms with Crippen molar-refractivity contribution in [2.75, 3.05) is 7.11 Å². The molecule has 24 heavy (non-hydrogen) atoms. The second-order valence-corrected chi connectivity index (χ2v) is 5.91. The van der Waals surface area contributed by atoms with Crippen LogP contribution < -0.4 is 0 Å². The molecule has 2 heteroatoms. The summed E-state index contributed by atoms with van der Waals surface area (Å²) in [7, 11) is 1.59. The molecule has 0 aliphatic carbocycles. The zero-order chi connectivity index (χ0) is 16.8. The van der Waals surface area contributed by atoms with Gasteiger partial charge in [-0.2, -0.15) is 0 Å². The Morgan fingerprint density at radius 3 is 1.38 bits per heavy atom. The maximum absolute atomic E-state index is 5.77. The van der Waals surface area contributed by atoms with Gasteiger partial charge < -0.3 is 4.74 Å². The zero-order valence-electron chi connectivity index (χ0n) is 13.5. The molecule has 0 aliphatic heterocycles. The molecule has 0 spiro atoms. The van der Waals surface area contributed by atoms with Crippen molar-refractivity contribution < 1.29 is 4.74 Å². The van der Waals surface area contributed by atoms with Gasteiger partial charge in [0.2, 0.25) is 0 Å². The predicted octanol–water partition coefficient (Wildman–Crippen LogP) is 6.56. The minimum absolute atomic E-state index is 0.318. The van der Waals surface area contributed by atoms with Gasteiger partial charge in [0.1, 0.15) is 0 Å². The largest absolute Gasteiger partial charge is 0.361 e. The van der Waals surface area contributed by atoms with Gasteiger partial charge in [0.25, 0.3) is 0 Å². The molecule has 1 unspecified atom stereocenters. The van der Waals surface area contributed by atoms with Crippen molar-refractivity contribution in [3.8, 4) is 0 Å². The lowest BCUT2D eigenvalue weighted by Gasteiger charge is -2.05. The Bertz CT molecular complexity index is 813. The minimum atomic E-state index is -0.318. The Morgan fingerprint density at radius 1 is 0.625 bits per heavy atom. The predicted molar refractivity (Wildman–Crippen MR) is 103 cm³/mol. The summed E-state index contributed by atoms with van der Waals surface area (Å²) >= 11 is 5.77. The third-order valence-electron chi connectivity index (χ3n) is 3.88. The lowest BCUT2D eigenvalue weighted by Crippen LogP contribution is -1.90. The number of ether oxygens (including phenoxy) is 1. The van der Waals surface area contributed by atoms with Gasteiger partial charge in [-0.1, -0.05) is 90.5 Å². The van der Waals surface area contributed by atoms with Crippen LogP contribution in [0.4, 0.5) is 0 Å². The molecule has 0 saturated carbocycles. The first-order valence-electron chi connectivity index (χ1n) is 7.87. The van der Waals surface area contributed by atoms with Crippen molar-refractivity contribution in [1.82, 2.24) is 0 Å². The first kappa shape index (κ1) is 16.5. The van der Waals surface area contributed by atoms with Gasteiger partial charge in [-0.25, -0.2) is 0 Å². The topological polar surface area (TPSA) is 9.23 Å². The molecular formula is C22H19ClO. The molecule has 0 aliphatic rings. The smallest absolute Gasteiger partial charge is 0.156 e. The molecule has 1 nitrogen and oxygen atoms in total. The number of fused-ring (bicyclic) bond motifs is 2. The lowest BCUT2D eigenvalue weighted by atomic mass is 10.0. The monoisotopic (exact) mass is 334 g/mol. The molecule has 4 aromatic rings. The van der Waals surface area contributed by atoms with E-state index in [-0.39, 0.29) is 5.56 Å². The van der Waals surface area contributed by atoms with E-state index in [1.807, 2.05) is 30.3 Å². The van der Waals surface area contributed by atoms with E-state index >= 15 is 0 Å². The summed E-state index contributed by atoms with van der Waals surface area (Å²) in [5, 5.41) is 5.25.